The second-order valence-corrected chi connectivity index (χ2v) is 7.56. The number of likely N-dealkylation sites (tertiary alicyclic amines) is 1. The number of carbonyl (C=O) groups excluding carboxylic acids is 2. The van der Waals surface area contributed by atoms with Gasteiger partial charge in [0.05, 0.1) is 0 Å². The normalized spacial score (nSPS) is 16.5. The molecule has 1 fully saturated rings. The Kier molecular flexibility index (Phi) is 8.21. The number of amides is 2. The first kappa shape index (κ1) is 19.3. The molecule has 1 aliphatic heterocycles. The first-order chi connectivity index (χ1) is 10.3. The van der Waals surface area contributed by atoms with E-state index < -0.39 is 17.7 Å². The zero-order chi connectivity index (χ0) is 16.6. The lowest BCUT2D eigenvalue weighted by molar-refractivity contribution is -0.132. The van der Waals surface area contributed by atoms with E-state index in [1.165, 1.54) is 0 Å². The Morgan fingerprint density at radius 3 is 2.36 bits per heavy atom. The van der Waals surface area contributed by atoms with Crippen molar-refractivity contribution in [2.24, 2.45) is 0 Å². The van der Waals surface area contributed by atoms with Crippen molar-refractivity contribution in [2.75, 3.05) is 18.4 Å². The van der Waals surface area contributed by atoms with Crippen molar-refractivity contribution >= 4 is 27.9 Å². The summed E-state index contributed by atoms with van der Waals surface area (Å²) in [7, 11) is 0. The van der Waals surface area contributed by atoms with Gasteiger partial charge in [-0.2, -0.15) is 0 Å². The highest BCUT2D eigenvalue weighted by Crippen LogP contribution is 2.14. The topological polar surface area (TPSA) is 58.6 Å². The molecule has 0 radical (unpaired) electrons. The predicted molar refractivity (Wildman–Crippen MR) is 91.2 cm³/mol. The zero-order valence-corrected chi connectivity index (χ0v) is 15.6. The summed E-state index contributed by atoms with van der Waals surface area (Å²) >= 11 is 3.41. The van der Waals surface area contributed by atoms with Gasteiger partial charge in [-0.25, -0.2) is 4.79 Å². The first-order valence-electron chi connectivity index (χ1n) is 8.18. The SMILES string of the molecule is CC(C)(C)OC(=O)N[C@@H](CCCCCBr)C(=O)N1CCCC1. The molecule has 1 saturated heterocycles. The highest BCUT2D eigenvalue weighted by molar-refractivity contribution is 9.09. The summed E-state index contributed by atoms with van der Waals surface area (Å²) < 4.78 is 5.28. The average Bonchev–Trinajstić information content (AvgIpc) is 2.93. The van der Waals surface area contributed by atoms with E-state index in [0.717, 1.165) is 50.5 Å². The average molecular weight is 377 g/mol. The quantitative estimate of drug-likeness (QED) is 0.546. The second-order valence-electron chi connectivity index (χ2n) is 6.77. The number of alkyl carbamates (subject to hydrolysis) is 1. The van der Waals surface area contributed by atoms with Crippen LogP contribution >= 0.6 is 15.9 Å². The Morgan fingerprint density at radius 1 is 1.18 bits per heavy atom. The number of nitrogens with one attached hydrogen (secondary N) is 1. The van der Waals surface area contributed by atoms with Gasteiger partial charge in [-0.15, -0.1) is 0 Å². The Morgan fingerprint density at radius 2 is 1.82 bits per heavy atom. The van der Waals surface area contributed by atoms with E-state index in [-0.39, 0.29) is 5.91 Å². The number of rotatable bonds is 7. The van der Waals surface area contributed by atoms with Crippen LogP contribution in [0.2, 0.25) is 0 Å². The summed E-state index contributed by atoms with van der Waals surface area (Å²) in [5, 5.41) is 3.73. The molecule has 0 aromatic rings. The molecule has 6 heteroatoms. The van der Waals surface area contributed by atoms with Crippen molar-refractivity contribution in [2.45, 2.75) is 70.9 Å². The molecule has 1 heterocycles. The number of hydrogen-bond donors (Lipinski definition) is 1. The number of ether oxygens (including phenoxy) is 1. The minimum atomic E-state index is -0.554. The van der Waals surface area contributed by atoms with Gasteiger partial charge >= 0.3 is 6.09 Å². The van der Waals surface area contributed by atoms with Crippen LogP contribution in [0.3, 0.4) is 0 Å². The molecule has 22 heavy (non-hydrogen) atoms. The molecule has 0 aromatic carbocycles. The van der Waals surface area contributed by atoms with Gasteiger partial charge in [-0.05, 0) is 46.5 Å². The number of halogens is 1. The minimum Gasteiger partial charge on any atom is -0.444 e. The van der Waals surface area contributed by atoms with Gasteiger partial charge in [-0.1, -0.05) is 28.8 Å². The van der Waals surface area contributed by atoms with Gasteiger partial charge < -0.3 is 15.0 Å². The fourth-order valence-electron chi connectivity index (χ4n) is 2.48. The molecule has 0 bridgehead atoms. The first-order valence-corrected chi connectivity index (χ1v) is 9.30. The lowest BCUT2D eigenvalue weighted by Gasteiger charge is -2.26. The maximum Gasteiger partial charge on any atom is 0.408 e. The molecule has 1 aliphatic rings. The monoisotopic (exact) mass is 376 g/mol. The van der Waals surface area contributed by atoms with Gasteiger partial charge in [0.15, 0.2) is 0 Å². The van der Waals surface area contributed by atoms with E-state index in [1.54, 1.807) is 0 Å². The summed E-state index contributed by atoms with van der Waals surface area (Å²) in [6.45, 7) is 7.05. The van der Waals surface area contributed by atoms with E-state index >= 15 is 0 Å². The number of nitrogens with zero attached hydrogens (tertiary/aromatic N) is 1. The molecule has 0 unspecified atom stereocenters. The molecule has 1 rings (SSSR count). The molecule has 0 aliphatic carbocycles. The third-order valence-corrected chi connectivity index (χ3v) is 4.09. The zero-order valence-electron chi connectivity index (χ0n) is 14.0. The van der Waals surface area contributed by atoms with Crippen molar-refractivity contribution in [3.8, 4) is 0 Å². The van der Waals surface area contributed by atoms with Crippen LogP contribution in [0.1, 0.15) is 59.3 Å². The van der Waals surface area contributed by atoms with E-state index in [9.17, 15) is 9.59 Å². The molecule has 2 amide bonds. The summed E-state index contributed by atoms with van der Waals surface area (Å²) in [5.74, 6) is 0.0298. The van der Waals surface area contributed by atoms with E-state index in [4.69, 9.17) is 4.74 Å². The Balaban J connectivity index is 2.56. The van der Waals surface area contributed by atoms with Crippen LogP contribution in [0, 0.1) is 0 Å². The second kappa shape index (κ2) is 9.38. The van der Waals surface area contributed by atoms with Crippen LogP contribution in [-0.4, -0.2) is 47.0 Å². The summed E-state index contributed by atoms with van der Waals surface area (Å²) in [4.78, 5) is 26.4. The molecular formula is C16H29BrN2O3. The predicted octanol–water partition coefficient (Wildman–Crippen LogP) is 3.46. The molecule has 0 spiro atoms. The van der Waals surface area contributed by atoms with Crippen molar-refractivity contribution in [3.63, 3.8) is 0 Å². The van der Waals surface area contributed by atoms with E-state index in [0.29, 0.717) is 6.42 Å². The van der Waals surface area contributed by atoms with Crippen molar-refractivity contribution in [3.05, 3.63) is 0 Å². The van der Waals surface area contributed by atoms with Crippen LogP contribution in [0.25, 0.3) is 0 Å². The van der Waals surface area contributed by atoms with Gasteiger partial charge in [0.1, 0.15) is 11.6 Å². The number of alkyl halides is 1. The molecule has 128 valence electrons. The molecule has 1 atom stereocenters. The van der Waals surface area contributed by atoms with E-state index in [2.05, 4.69) is 21.2 Å². The van der Waals surface area contributed by atoms with Gasteiger partial charge in [0.25, 0.3) is 0 Å². The summed E-state index contributed by atoms with van der Waals surface area (Å²) in [6, 6.07) is -0.469. The fourth-order valence-corrected chi connectivity index (χ4v) is 2.88. The Labute approximate surface area is 142 Å². The van der Waals surface area contributed by atoms with Crippen LogP contribution in [0.5, 0.6) is 0 Å². The van der Waals surface area contributed by atoms with Gasteiger partial charge in [0, 0.05) is 18.4 Å². The molecule has 1 N–H and O–H groups in total. The fraction of sp³-hybridized carbons (Fsp3) is 0.875. The standard InChI is InChI=1S/C16H29BrN2O3/c1-16(2,3)22-15(21)18-13(9-5-4-6-10-17)14(20)19-11-7-8-12-19/h13H,4-12H2,1-3H3,(H,18,21)/t13-/m0/s1. The molecule has 0 aromatic heterocycles. The highest BCUT2D eigenvalue weighted by atomic mass is 79.9. The summed E-state index contributed by atoms with van der Waals surface area (Å²) in [5.41, 5.74) is -0.554. The highest BCUT2D eigenvalue weighted by Gasteiger charge is 2.28. The minimum absolute atomic E-state index is 0.0298. The number of unbranched alkanes of at least 4 members (excludes halogenated alkanes) is 2. The van der Waals surface area contributed by atoms with Gasteiger partial charge in [-0.3, -0.25) is 4.79 Å². The number of hydrogen-bond acceptors (Lipinski definition) is 3. The lowest BCUT2D eigenvalue weighted by atomic mass is 10.1. The maximum absolute atomic E-state index is 12.6. The van der Waals surface area contributed by atoms with Crippen LogP contribution in [-0.2, 0) is 9.53 Å². The molecule has 5 nitrogen and oxygen atoms in total. The third kappa shape index (κ3) is 7.47. The van der Waals surface area contributed by atoms with Crippen molar-refractivity contribution < 1.29 is 14.3 Å². The number of carbonyl (C=O) groups is 2. The van der Waals surface area contributed by atoms with Crippen molar-refractivity contribution in [1.82, 2.24) is 10.2 Å². The molecular weight excluding hydrogens is 348 g/mol. The summed E-state index contributed by atoms with van der Waals surface area (Å²) in [6.07, 6.45) is 5.31. The smallest absolute Gasteiger partial charge is 0.408 e. The Bertz CT molecular complexity index is 363. The third-order valence-electron chi connectivity index (χ3n) is 3.53. The van der Waals surface area contributed by atoms with Gasteiger partial charge in [0.2, 0.25) is 5.91 Å². The van der Waals surface area contributed by atoms with Crippen molar-refractivity contribution in [1.29, 1.82) is 0 Å². The maximum atomic E-state index is 12.6. The Hall–Kier alpha value is -0.780. The lowest BCUT2D eigenvalue weighted by Crippen LogP contribution is -2.49. The van der Waals surface area contributed by atoms with E-state index in [1.807, 2.05) is 25.7 Å². The molecule has 0 saturated carbocycles. The largest absolute Gasteiger partial charge is 0.444 e. The van der Waals surface area contributed by atoms with Crippen LogP contribution in [0.15, 0.2) is 0 Å². The van der Waals surface area contributed by atoms with Crippen LogP contribution in [0.4, 0.5) is 4.79 Å². The van der Waals surface area contributed by atoms with Crippen LogP contribution < -0.4 is 5.32 Å².